The first kappa shape index (κ1) is 28.0. The molecule has 0 aliphatic carbocycles. The molecule has 0 atom stereocenters. The van der Waals surface area contributed by atoms with Crippen molar-refractivity contribution in [2.75, 3.05) is 19.0 Å². The molecule has 2 N–H and O–H groups in total. The van der Waals surface area contributed by atoms with Crippen LogP contribution in [-0.2, 0) is 16.0 Å². The van der Waals surface area contributed by atoms with Crippen LogP contribution in [0.4, 0.5) is 5.69 Å². The van der Waals surface area contributed by atoms with Crippen LogP contribution in [0.2, 0.25) is 0 Å². The molecule has 0 radical (unpaired) electrons. The van der Waals surface area contributed by atoms with Gasteiger partial charge in [-0.25, -0.2) is 0 Å². The summed E-state index contributed by atoms with van der Waals surface area (Å²) in [6.07, 6.45) is 12.1. The number of rotatable bonds is 17. The van der Waals surface area contributed by atoms with Crippen LogP contribution in [0.3, 0.4) is 0 Å². The van der Waals surface area contributed by atoms with Gasteiger partial charge in [0.1, 0.15) is 11.5 Å². The van der Waals surface area contributed by atoms with Crippen molar-refractivity contribution in [3.05, 3.63) is 59.7 Å². The maximum absolute atomic E-state index is 12.2. The average molecular weight is 482 g/mol. The van der Waals surface area contributed by atoms with Crippen molar-refractivity contribution in [2.24, 2.45) is 0 Å². The Morgan fingerprint density at radius 3 is 2.49 bits per heavy atom. The summed E-state index contributed by atoms with van der Waals surface area (Å²) >= 11 is 0. The van der Waals surface area contributed by atoms with Gasteiger partial charge in [-0.2, -0.15) is 0 Å². The van der Waals surface area contributed by atoms with Crippen LogP contribution in [-0.4, -0.2) is 30.7 Å². The number of methoxy groups -OCH3 is 1. The second kappa shape index (κ2) is 16.4. The molecule has 190 valence electrons. The van der Waals surface area contributed by atoms with E-state index in [1.165, 1.54) is 0 Å². The van der Waals surface area contributed by atoms with Gasteiger partial charge in [-0.3, -0.25) is 9.59 Å². The van der Waals surface area contributed by atoms with Gasteiger partial charge in [0.2, 0.25) is 5.91 Å². The zero-order chi connectivity index (χ0) is 25.3. The minimum Gasteiger partial charge on any atom is -0.497 e. The third-order valence-corrected chi connectivity index (χ3v) is 5.66. The Hall–Kier alpha value is -3.28. The van der Waals surface area contributed by atoms with Crippen LogP contribution in [0, 0.1) is 0 Å². The molecule has 2 rings (SSSR count). The van der Waals surface area contributed by atoms with E-state index in [0.717, 1.165) is 61.8 Å². The summed E-state index contributed by atoms with van der Waals surface area (Å²) in [5.74, 6) is 0.660. The Kier molecular flexibility index (Phi) is 13.1. The molecule has 0 bridgehead atoms. The zero-order valence-corrected chi connectivity index (χ0v) is 21.1. The number of hydrogen-bond donors (Lipinski definition) is 2. The summed E-state index contributed by atoms with van der Waals surface area (Å²) in [5.41, 5.74) is 2.62. The first-order valence-electron chi connectivity index (χ1n) is 12.6. The van der Waals surface area contributed by atoms with E-state index in [2.05, 4.69) is 24.4 Å². The normalized spacial score (nSPS) is 10.9. The van der Waals surface area contributed by atoms with Gasteiger partial charge >= 0.3 is 5.97 Å². The fraction of sp³-hybridized carbons (Fsp3) is 0.448. The minimum absolute atomic E-state index is 0.0124. The van der Waals surface area contributed by atoms with Crippen LogP contribution < -0.4 is 14.8 Å². The fourth-order valence-corrected chi connectivity index (χ4v) is 3.65. The number of hydrogen-bond acceptors (Lipinski definition) is 4. The van der Waals surface area contributed by atoms with E-state index in [1.807, 2.05) is 42.5 Å². The van der Waals surface area contributed by atoms with E-state index in [0.29, 0.717) is 30.9 Å². The van der Waals surface area contributed by atoms with Crippen LogP contribution >= 0.6 is 0 Å². The molecule has 0 heterocycles. The molecular weight excluding hydrogens is 442 g/mol. The van der Waals surface area contributed by atoms with Crippen molar-refractivity contribution in [3.63, 3.8) is 0 Å². The van der Waals surface area contributed by atoms with E-state index in [1.54, 1.807) is 7.11 Å². The molecule has 0 aromatic heterocycles. The predicted molar refractivity (Wildman–Crippen MR) is 141 cm³/mol. The maximum atomic E-state index is 12.2. The molecule has 1 amide bonds. The molecular formula is C29H39NO5. The summed E-state index contributed by atoms with van der Waals surface area (Å²) in [6.45, 7) is 2.70. The van der Waals surface area contributed by atoms with Crippen molar-refractivity contribution in [3.8, 4) is 11.5 Å². The largest absolute Gasteiger partial charge is 0.497 e. The number of aliphatic carboxylic acids is 1. The number of amides is 1. The lowest BCUT2D eigenvalue weighted by Gasteiger charge is -2.13. The van der Waals surface area contributed by atoms with E-state index >= 15 is 0 Å². The molecule has 0 saturated heterocycles. The Balaban J connectivity index is 1.81. The van der Waals surface area contributed by atoms with Crippen LogP contribution in [0.5, 0.6) is 11.5 Å². The number of carboxylic acid groups (broad SMARTS) is 1. The van der Waals surface area contributed by atoms with E-state index in [9.17, 15) is 9.59 Å². The van der Waals surface area contributed by atoms with Gasteiger partial charge in [-0.1, -0.05) is 50.5 Å². The Bertz CT molecular complexity index is 937. The summed E-state index contributed by atoms with van der Waals surface area (Å²) in [5, 5.41) is 12.0. The van der Waals surface area contributed by atoms with Gasteiger partial charge in [0, 0.05) is 18.5 Å². The smallest absolute Gasteiger partial charge is 0.303 e. The molecule has 0 saturated carbocycles. The number of unbranched alkanes of at least 4 members (excludes halogenated alkanes) is 5. The first-order chi connectivity index (χ1) is 17.0. The van der Waals surface area contributed by atoms with Crippen LogP contribution in [0.25, 0.3) is 6.08 Å². The highest BCUT2D eigenvalue weighted by atomic mass is 16.5. The van der Waals surface area contributed by atoms with Gasteiger partial charge in [-0.05, 0) is 73.6 Å². The number of allylic oxidation sites excluding steroid dienone is 1. The number of carbonyl (C=O) groups is 2. The third kappa shape index (κ3) is 11.6. The van der Waals surface area contributed by atoms with Crippen molar-refractivity contribution in [1.29, 1.82) is 0 Å². The first-order valence-corrected chi connectivity index (χ1v) is 12.6. The zero-order valence-electron chi connectivity index (χ0n) is 21.1. The van der Waals surface area contributed by atoms with Gasteiger partial charge < -0.3 is 19.9 Å². The highest BCUT2D eigenvalue weighted by Gasteiger charge is 2.10. The lowest BCUT2D eigenvalue weighted by Crippen LogP contribution is -2.12. The van der Waals surface area contributed by atoms with E-state index in [4.69, 9.17) is 14.6 Å². The van der Waals surface area contributed by atoms with Crippen molar-refractivity contribution in [1.82, 2.24) is 0 Å². The van der Waals surface area contributed by atoms with Crippen LogP contribution in [0.1, 0.15) is 75.8 Å². The maximum Gasteiger partial charge on any atom is 0.303 e. The van der Waals surface area contributed by atoms with Crippen molar-refractivity contribution >= 4 is 23.6 Å². The van der Waals surface area contributed by atoms with Crippen molar-refractivity contribution in [2.45, 2.75) is 71.1 Å². The second-order valence-corrected chi connectivity index (χ2v) is 8.59. The summed E-state index contributed by atoms with van der Waals surface area (Å²) < 4.78 is 11.1. The molecule has 0 fully saturated rings. The number of carboxylic acids is 1. The molecule has 0 aliphatic heterocycles. The lowest BCUT2D eigenvalue weighted by molar-refractivity contribution is -0.137. The SMILES string of the molecule is CCCCCCC(=O)Nc1ccc(OCCCCC=Cc2ccc(OC)cc2)c(CCC(=O)O)c1. The second-order valence-electron chi connectivity index (χ2n) is 8.59. The minimum atomic E-state index is -0.857. The molecule has 0 aliphatic rings. The number of aryl methyl sites for hydroxylation is 1. The molecule has 2 aromatic carbocycles. The molecule has 0 unspecified atom stereocenters. The van der Waals surface area contributed by atoms with Gasteiger partial charge in [0.15, 0.2) is 0 Å². The number of ether oxygens (including phenoxy) is 2. The summed E-state index contributed by atoms with van der Waals surface area (Å²) in [6, 6.07) is 13.4. The summed E-state index contributed by atoms with van der Waals surface area (Å²) in [7, 11) is 1.66. The van der Waals surface area contributed by atoms with Crippen LogP contribution in [0.15, 0.2) is 48.5 Å². The highest BCUT2D eigenvalue weighted by Crippen LogP contribution is 2.25. The van der Waals surface area contributed by atoms with Gasteiger partial charge in [-0.15, -0.1) is 0 Å². The fourth-order valence-electron chi connectivity index (χ4n) is 3.65. The Morgan fingerprint density at radius 2 is 1.77 bits per heavy atom. The number of benzene rings is 2. The molecule has 0 spiro atoms. The van der Waals surface area contributed by atoms with Gasteiger partial charge in [0.05, 0.1) is 13.7 Å². The monoisotopic (exact) mass is 481 g/mol. The quantitative estimate of drug-likeness (QED) is 0.241. The number of carbonyl (C=O) groups excluding carboxylic acids is 1. The Morgan fingerprint density at radius 1 is 0.971 bits per heavy atom. The molecule has 35 heavy (non-hydrogen) atoms. The molecule has 2 aromatic rings. The summed E-state index contributed by atoms with van der Waals surface area (Å²) in [4.78, 5) is 23.3. The van der Waals surface area contributed by atoms with Gasteiger partial charge in [0.25, 0.3) is 0 Å². The third-order valence-electron chi connectivity index (χ3n) is 5.66. The lowest BCUT2D eigenvalue weighted by atomic mass is 10.1. The topological polar surface area (TPSA) is 84.9 Å². The van der Waals surface area contributed by atoms with E-state index < -0.39 is 5.97 Å². The number of anilines is 1. The molecule has 6 nitrogen and oxygen atoms in total. The van der Waals surface area contributed by atoms with E-state index in [-0.39, 0.29) is 12.3 Å². The Labute approximate surface area is 209 Å². The standard InChI is InChI=1S/C29H39NO5/c1-3-4-5-9-12-28(31)30-25-16-19-27(24(22-25)15-20-29(32)33)35-21-10-7-6-8-11-23-13-17-26(34-2)18-14-23/h8,11,13-14,16-19,22H,3-7,9-10,12,15,20-21H2,1-2H3,(H,30,31)(H,32,33). The number of nitrogens with one attached hydrogen (secondary N) is 1. The average Bonchev–Trinajstić information content (AvgIpc) is 2.86. The molecule has 6 heteroatoms. The van der Waals surface area contributed by atoms with Crippen molar-refractivity contribution < 1.29 is 24.2 Å². The highest BCUT2D eigenvalue weighted by molar-refractivity contribution is 5.90. The predicted octanol–water partition coefficient (Wildman–Crippen LogP) is 6.88.